The monoisotopic (exact) mass is 292 g/mol. The smallest absolute Gasteiger partial charge is 0.257 e. The Bertz CT molecular complexity index is 489. The zero-order valence-electron chi connectivity index (χ0n) is 13.6. The summed E-state index contributed by atoms with van der Waals surface area (Å²) in [6.45, 7) is 5.27. The van der Waals surface area contributed by atoms with Gasteiger partial charge in [0.1, 0.15) is 0 Å². The lowest BCUT2D eigenvalue weighted by Crippen LogP contribution is -2.43. The van der Waals surface area contributed by atoms with Gasteiger partial charge in [0.15, 0.2) is 0 Å². The van der Waals surface area contributed by atoms with Crippen LogP contribution in [0, 0.1) is 13.8 Å². The van der Waals surface area contributed by atoms with E-state index in [1.807, 2.05) is 20.9 Å². The summed E-state index contributed by atoms with van der Waals surface area (Å²) >= 11 is 0. The lowest BCUT2D eigenvalue weighted by atomic mass is 9.93. The molecule has 1 fully saturated rings. The first-order chi connectivity index (χ1) is 10.1. The van der Waals surface area contributed by atoms with Crippen molar-refractivity contribution < 1.29 is 4.79 Å². The molecule has 1 aromatic rings. The van der Waals surface area contributed by atoms with Gasteiger partial charge >= 0.3 is 0 Å². The van der Waals surface area contributed by atoms with Crippen molar-refractivity contribution in [2.75, 3.05) is 13.1 Å². The van der Waals surface area contributed by atoms with Crippen molar-refractivity contribution in [2.45, 2.75) is 58.4 Å². The molecule has 5 heteroatoms. The number of hydrogen-bond acceptors (Lipinski definition) is 3. The van der Waals surface area contributed by atoms with Crippen molar-refractivity contribution in [3.05, 3.63) is 17.0 Å². The minimum absolute atomic E-state index is 0.137. The second kappa shape index (κ2) is 7.07. The van der Waals surface area contributed by atoms with Crippen LogP contribution in [-0.2, 0) is 7.05 Å². The maximum Gasteiger partial charge on any atom is 0.257 e. The van der Waals surface area contributed by atoms with Crippen LogP contribution in [0.1, 0.15) is 60.3 Å². The van der Waals surface area contributed by atoms with Gasteiger partial charge in [-0.2, -0.15) is 5.10 Å². The van der Waals surface area contributed by atoms with E-state index in [9.17, 15) is 4.79 Å². The van der Waals surface area contributed by atoms with Crippen LogP contribution in [-0.4, -0.2) is 39.7 Å². The molecule has 0 bridgehead atoms. The average Bonchev–Trinajstić information content (AvgIpc) is 2.73. The summed E-state index contributed by atoms with van der Waals surface area (Å²) in [5, 5.41) is 4.38. The molecule has 5 nitrogen and oxygen atoms in total. The molecule has 0 spiro atoms. The summed E-state index contributed by atoms with van der Waals surface area (Å²) in [6, 6.07) is 0.372. The Morgan fingerprint density at radius 3 is 2.52 bits per heavy atom. The fourth-order valence-corrected chi connectivity index (χ4v) is 3.33. The Morgan fingerprint density at radius 1 is 1.33 bits per heavy atom. The number of carbonyl (C=O) groups is 1. The molecule has 1 aromatic heterocycles. The zero-order chi connectivity index (χ0) is 15.4. The molecule has 1 heterocycles. The highest BCUT2D eigenvalue weighted by Crippen LogP contribution is 2.25. The van der Waals surface area contributed by atoms with Crippen LogP contribution >= 0.6 is 0 Å². The van der Waals surface area contributed by atoms with Crippen LogP contribution in [0.3, 0.4) is 0 Å². The van der Waals surface area contributed by atoms with E-state index in [1.165, 1.54) is 19.3 Å². The molecular formula is C16H28N4O. The molecule has 1 aliphatic rings. The van der Waals surface area contributed by atoms with E-state index in [4.69, 9.17) is 5.73 Å². The van der Waals surface area contributed by atoms with E-state index >= 15 is 0 Å². The highest BCUT2D eigenvalue weighted by atomic mass is 16.2. The van der Waals surface area contributed by atoms with Gasteiger partial charge in [0, 0.05) is 25.3 Å². The van der Waals surface area contributed by atoms with Crippen molar-refractivity contribution in [1.29, 1.82) is 0 Å². The van der Waals surface area contributed by atoms with E-state index in [0.29, 0.717) is 12.6 Å². The average molecular weight is 292 g/mol. The SMILES string of the molecule is Cc1nn(C)c(C)c1C(=O)N(CCCN)C1CCCCC1. The van der Waals surface area contributed by atoms with Gasteiger partial charge in [-0.15, -0.1) is 0 Å². The third-order valence-corrected chi connectivity index (χ3v) is 4.60. The van der Waals surface area contributed by atoms with Crippen LogP contribution < -0.4 is 5.73 Å². The molecule has 0 unspecified atom stereocenters. The van der Waals surface area contributed by atoms with Crippen molar-refractivity contribution >= 4 is 5.91 Å². The zero-order valence-corrected chi connectivity index (χ0v) is 13.6. The second-order valence-corrected chi connectivity index (χ2v) is 6.10. The van der Waals surface area contributed by atoms with Gasteiger partial charge in [0.25, 0.3) is 5.91 Å². The van der Waals surface area contributed by atoms with E-state index in [-0.39, 0.29) is 5.91 Å². The van der Waals surface area contributed by atoms with Gasteiger partial charge in [-0.05, 0) is 39.7 Å². The number of nitrogens with two attached hydrogens (primary N) is 1. The summed E-state index contributed by atoms with van der Waals surface area (Å²) in [5.74, 6) is 0.137. The van der Waals surface area contributed by atoms with Gasteiger partial charge in [-0.3, -0.25) is 9.48 Å². The molecule has 0 radical (unpaired) electrons. The number of hydrogen-bond donors (Lipinski definition) is 1. The summed E-state index contributed by atoms with van der Waals surface area (Å²) in [7, 11) is 1.89. The Kier molecular flexibility index (Phi) is 5.39. The van der Waals surface area contributed by atoms with Crippen LogP contribution in [0.25, 0.3) is 0 Å². The Morgan fingerprint density at radius 2 is 2.00 bits per heavy atom. The lowest BCUT2D eigenvalue weighted by Gasteiger charge is -2.34. The third-order valence-electron chi connectivity index (χ3n) is 4.60. The molecule has 0 saturated heterocycles. The van der Waals surface area contributed by atoms with Crippen LogP contribution in [0.15, 0.2) is 0 Å². The molecule has 21 heavy (non-hydrogen) atoms. The number of aryl methyl sites for hydroxylation is 2. The maximum absolute atomic E-state index is 13.0. The minimum Gasteiger partial charge on any atom is -0.336 e. The molecule has 1 amide bonds. The number of carbonyl (C=O) groups excluding carboxylic acids is 1. The van der Waals surface area contributed by atoms with Crippen molar-refractivity contribution in [3.8, 4) is 0 Å². The first kappa shape index (κ1) is 16.0. The summed E-state index contributed by atoms with van der Waals surface area (Å²) in [4.78, 5) is 15.1. The van der Waals surface area contributed by atoms with Crippen LogP contribution in [0.2, 0.25) is 0 Å². The van der Waals surface area contributed by atoms with Gasteiger partial charge in [0.05, 0.1) is 11.3 Å². The topological polar surface area (TPSA) is 64.2 Å². The number of nitrogens with zero attached hydrogens (tertiary/aromatic N) is 3. The van der Waals surface area contributed by atoms with Crippen LogP contribution in [0.4, 0.5) is 0 Å². The molecule has 2 rings (SSSR count). The molecule has 0 atom stereocenters. The first-order valence-corrected chi connectivity index (χ1v) is 8.07. The standard InChI is InChI=1S/C16H28N4O/c1-12-15(13(2)19(3)18-12)16(21)20(11-7-10-17)14-8-5-4-6-9-14/h14H,4-11,17H2,1-3H3. The van der Waals surface area contributed by atoms with Gasteiger partial charge in [0.2, 0.25) is 0 Å². The second-order valence-electron chi connectivity index (χ2n) is 6.10. The normalized spacial score (nSPS) is 16.2. The predicted molar refractivity (Wildman–Crippen MR) is 84.3 cm³/mol. The maximum atomic E-state index is 13.0. The first-order valence-electron chi connectivity index (χ1n) is 8.07. The fourth-order valence-electron chi connectivity index (χ4n) is 3.33. The van der Waals surface area contributed by atoms with E-state index in [1.54, 1.807) is 4.68 Å². The third kappa shape index (κ3) is 3.46. The summed E-state index contributed by atoms with van der Waals surface area (Å²) in [6.07, 6.45) is 6.84. The molecule has 118 valence electrons. The van der Waals surface area contributed by atoms with Crippen molar-refractivity contribution in [3.63, 3.8) is 0 Å². The highest BCUT2D eigenvalue weighted by molar-refractivity contribution is 5.96. The molecular weight excluding hydrogens is 264 g/mol. The van der Waals surface area contributed by atoms with Gasteiger partial charge < -0.3 is 10.6 Å². The van der Waals surface area contributed by atoms with E-state index in [0.717, 1.165) is 42.8 Å². The highest BCUT2D eigenvalue weighted by Gasteiger charge is 2.29. The van der Waals surface area contributed by atoms with E-state index < -0.39 is 0 Å². The fraction of sp³-hybridized carbons (Fsp3) is 0.750. The predicted octanol–water partition coefficient (Wildman–Crippen LogP) is 2.16. The minimum atomic E-state index is 0.137. The van der Waals surface area contributed by atoms with E-state index in [2.05, 4.69) is 10.00 Å². The molecule has 2 N–H and O–H groups in total. The summed E-state index contributed by atoms with van der Waals surface area (Å²) < 4.78 is 1.80. The largest absolute Gasteiger partial charge is 0.336 e. The quantitative estimate of drug-likeness (QED) is 0.904. The van der Waals surface area contributed by atoms with Crippen molar-refractivity contribution in [2.24, 2.45) is 12.8 Å². The Balaban J connectivity index is 2.24. The number of amides is 1. The molecule has 1 aliphatic carbocycles. The molecule has 0 aromatic carbocycles. The van der Waals surface area contributed by atoms with Gasteiger partial charge in [-0.1, -0.05) is 19.3 Å². The molecule has 1 saturated carbocycles. The lowest BCUT2D eigenvalue weighted by molar-refractivity contribution is 0.0631. The molecule has 0 aliphatic heterocycles. The number of rotatable bonds is 5. The van der Waals surface area contributed by atoms with Crippen molar-refractivity contribution in [1.82, 2.24) is 14.7 Å². The Hall–Kier alpha value is -1.36. The van der Waals surface area contributed by atoms with Gasteiger partial charge in [-0.25, -0.2) is 0 Å². The van der Waals surface area contributed by atoms with Crippen LogP contribution in [0.5, 0.6) is 0 Å². The Labute approximate surface area is 127 Å². The number of aromatic nitrogens is 2. The summed E-state index contributed by atoms with van der Waals surface area (Å²) in [5.41, 5.74) is 8.21.